The second-order valence-electron chi connectivity index (χ2n) is 7.52. The number of carbonyl (C=O) groups excluding carboxylic acids is 1. The van der Waals surface area contributed by atoms with Crippen LogP contribution in [0.5, 0.6) is 5.75 Å². The minimum Gasteiger partial charge on any atom is -0.501 e. The van der Waals surface area contributed by atoms with Gasteiger partial charge in [-0.15, -0.1) is 0 Å². The van der Waals surface area contributed by atoms with Crippen LogP contribution in [0.2, 0.25) is 0 Å². The van der Waals surface area contributed by atoms with Crippen molar-refractivity contribution in [1.82, 2.24) is 15.3 Å². The molecule has 4 rings (SSSR count). The van der Waals surface area contributed by atoms with Crippen molar-refractivity contribution in [2.45, 2.75) is 38.1 Å². The fourth-order valence-corrected chi connectivity index (χ4v) is 4.11. The molecule has 0 aliphatic heterocycles. The van der Waals surface area contributed by atoms with Crippen LogP contribution in [0, 0.1) is 0 Å². The fourth-order valence-electron chi connectivity index (χ4n) is 4.11. The first-order valence-corrected chi connectivity index (χ1v) is 10.0. The van der Waals surface area contributed by atoms with Crippen molar-refractivity contribution in [2.75, 3.05) is 0 Å². The van der Waals surface area contributed by atoms with Crippen molar-refractivity contribution in [3.8, 4) is 5.75 Å². The molecular formula is C23H23N3O4. The zero-order chi connectivity index (χ0) is 21.1. The third kappa shape index (κ3) is 4.05. The van der Waals surface area contributed by atoms with Crippen LogP contribution in [0.25, 0.3) is 0 Å². The van der Waals surface area contributed by atoms with Gasteiger partial charge >= 0.3 is 5.69 Å². The monoisotopic (exact) mass is 405 g/mol. The Kier molecular flexibility index (Phi) is 5.52. The molecule has 0 fully saturated rings. The van der Waals surface area contributed by atoms with Crippen LogP contribution in [0.4, 0.5) is 0 Å². The number of rotatable bonds is 5. The number of amides is 1. The number of hydrogen-bond donors (Lipinski definition) is 4. The van der Waals surface area contributed by atoms with E-state index in [9.17, 15) is 19.5 Å². The van der Waals surface area contributed by atoms with Crippen molar-refractivity contribution >= 4 is 5.91 Å². The second-order valence-corrected chi connectivity index (χ2v) is 7.52. The van der Waals surface area contributed by atoms with Gasteiger partial charge in [0.15, 0.2) is 5.69 Å². The first-order valence-electron chi connectivity index (χ1n) is 10.0. The summed E-state index contributed by atoms with van der Waals surface area (Å²) in [5.41, 5.74) is 2.59. The van der Waals surface area contributed by atoms with Gasteiger partial charge in [-0.05, 0) is 54.4 Å². The molecule has 1 amide bonds. The quantitative estimate of drug-likeness (QED) is 0.522. The molecule has 2 aromatic carbocycles. The minimum absolute atomic E-state index is 0.250. The van der Waals surface area contributed by atoms with Crippen LogP contribution < -0.4 is 16.6 Å². The lowest BCUT2D eigenvalue weighted by molar-refractivity contribution is 0.0923. The van der Waals surface area contributed by atoms with Crippen molar-refractivity contribution in [1.29, 1.82) is 0 Å². The summed E-state index contributed by atoms with van der Waals surface area (Å²) in [5, 5.41) is 12.7. The fraction of sp³-hybridized carbons (Fsp3) is 0.261. The van der Waals surface area contributed by atoms with Crippen LogP contribution in [-0.2, 0) is 19.3 Å². The zero-order valence-corrected chi connectivity index (χ0v) is 16.4. The predicted molar refractivity (Wildman–Crippen MR) is 113 cm³/mol. The molecule has 7 nitrogen and oxygen atoms in total. The van der Waals surface area contributed by atoms with E-state index in [0.717, 1.165) is 37.7 Å². The average molecular weight is 405 g/mol. The number of aromatic hydroxyl groups is 1. The number of nitrogens with one attached hydrogen (secondary N) is 3. The molecule has 4 N–H and O–H groups in total. The van der Waals surface area contributed by atoms with Crippen LogP contribution in [0.15, 0.2) is 58.1 Å². The van der Waals surface area contributed by atoms with E-state index in [2.05, 4.69) is 28.5 Å². The number of hydrogen-bond acceptors (Lipinski definition) is 4. The lowest BCUT2D eigenvalue weighted by atomic mass is 9.83. The molecule has 7 heteroatoms. The molecule has 1 heterocycles. The highest BCUT2D eigenvalue weighted by Gasteiger charge is 2.25. The summed E-state index contributed by atoms with van der Waals surface area (Å²) in [5.74, 6) is -1.47. The zero-order valence-electron chi connectivity index (χ0n) is 16.4. The molecule has 1 aromatic heterocycles. The standard InChI is InChI=1S/C23H23N3O4/c27-20-19(25-23(30)26-22(20)29)21(28)24-18-11-5-9-16-15(8-4-10-17(16)18)13-12-14-6-2-1-3-7-14/h1-4,6-8,10,18,27H,5,9,11-13H2,(H,24,28)(H2,25,26,29,30)/t18-/m1/s1. The summed E-state index contributed by atoms with van der Waals surface area (Å²) >= 11 is 0. The number of fused-ring (bicyclic) bond motifs is 1. The Morgan fingerprint density at radius 1 is 1.03 bits per heavy atom. The third-order valence-electron chi connectivity index (χ3n) is 5.58. The van der Waals surface area contributed by atoms with E-state index in [0.29, 0.717) is 0 Å². The van der Waals surface area contributed by atoms with E-state index in [1.165, 1.54) is 16.7 Å². The molecule has 1 atom stereocenters. The first-order chi connectivity index (χ1) is 14.5. The minimum atomic E-state index is -0.990. The Morgan fingerprint density at radius 3 is 2.63 bits per heavy atom. The van der Waals surface area contributed by atoms with Crippen LogP contribution in [-0.4, -0.2) is 21.0 Å². The van der Waals surface area contributed by atoms with E-state index in [1.54, 1.807) is 0 Å². The van der Waals surface area contributed by atoms with E-state index < -0.39 is 28.6 Å². The van der Waals surface area contributed by atoms with E-state index in [1.807, 2.05) is 35.3 Å². The van der Waals surface area contributed by atoms with Gasteiger partial charge in [0, 0.05) is 0 Å². The van der Waals surface area contributed by atoms with Gasteiger partial charge in [-0.25, -0.2) is 4.79 Å². The van der Waals surface area contributed by atoms with Gasteiger partial charge in [0.25, 0.3) is 11.5 Å². The Bertz CT molecular complexity index is 1180. The van der Waals surface area contributed by atoms with Crippen LogP contribution in [0.3, 0.4) is 0 Å². The molecule has 0 unspecified atom stereocenters. The number of carbonyl (C=O) groups is 1. The largest absolute Gasteiger partial charge is 0.501 e. The maximum absolute atomic E-state index is 12.6. The highest BCUT2D eigenvalue weighted by atomic mass is 16.3. The number of benzene rings is 2. The Morgan fingerprint density at radius 2 is 1.83 bits per heavy atom. The van der Waals surface area contributed by atoms with Gasteiger partial charge in [0.05, 0.1) is 6.04 Å². The molecule has 0 saturated heterocycles. The second kappa shape index (κ2) is 8.41. The number of aromatic amines is 2. The average Bonchev–Trinajstić information content (AvgIpc) is 2.75. The highest BCUT2D eigenvalue weighted by Crippen LogP contribution is 2.32. The van der Waals surface area contributed by atoms with Crippen molar-refractivity contribution in [3.05, 3.63) is 97.3 Å². The molecule has 1 aliphatic rings. The Hall–Kier alpha value is -3.61. The molecular weight excluding hydrogens is 382 g/mol. The van der Waals surface area contributed by atoms with Crippen molar-refractivity contribution < 1.29 is 9.90 Å². The van der Waals surface area contributed by atoms with Gasteiger partial charge in [-0.1, -0.05) is 48.5 Å². The summed E-state index contributed by atoms with van der Waals surface area (Å²) in [6.45, 7) is 0. The summed E-state index contributed by atoms with van der Waals surface area (Å²) in [7, 11) is 0. The Labute approximate surface area is 172 Å². The normalized spacial score (nSPS) is 15.4. The van der Waals surface area contributed by atoms with Gasteiger partial charge < -0.3 is 10.4 Å². The van der Waals surface area contributed by atoms with Crippen LogP contribution in [0.1, 0.15) is 51.6 Å². The smallest absolute Gasteiger partial charge is 0.326 e. The maximum Gasteiger partial charge on any atom is 0.326 e. The molecule has 30 heavy (non-hydrogen) atoms. The molecule has 0 saturated carbocycles. The SMILES string of the molecule is O=C(N[C@@H]1CCCc2c(CCc3ccccc3)cccc21)c1[nH]c(=O)[nH]c(=O)c1O. The third-order valence-corrected chi connectivity index (χ3v) is 5.58. The number of H-pyrrole nitrogens is 2. The van der Waals surface area contributed by atoms with Gasteiger partial charge in [0.2, 0.25) is 5.75 Å². The van der Waals surface area contributed by atoms with E-state index in [-0.39, 0.29) is 6.04 Å². The van der Waals surface area contributed by atoms with Gasteiger partial charge in [0.1, 0.15) is 0 Å². The maximum atomic E-state index is 12.6. The van der Waals surface area contributed by atoms with Crippen molar-refractivity contribution in [3.63, 3.8) is 0 Å². The number of aromatic nitrogens is 2. The molecule has 154 valence electrons. The summed E-state index contributed by atoms with van der Waals surface area (Å²) in [6, 6.07) is 16.2. The van der Waals surface area contributed by atoms with E-state index in [4.69, 9.17) is 0 Å². The molecule has 0 spiro atoms. The molecule has 3 aromatic rings. The van der Waals surface area contributed by atoms with Gasteiger partial charge in [-0.3, -0.25) is 19.6 Å². The highest BCUT2D eigenvalue weighted by molar-refractivity contribution is 5.94. The summed E-state index contributed by atoms with van der Waals surface area (Å²) < 4.78 is 0. The first kappa shape index (κ1) is 19.7. The molecule has 0 radical (unpaired) electrons. The van der Waals surface area contributed by atoms with Crippen molar-refractivity contribution in [2.24, 2.45) is 0 Å². The molecule has 1 aliphatic carbocycles. The summed E-state index contributed by atoms with van der Waals surface area (Å²) in [6.07, 6.45) is 4.46. The predicted octanol–water partition coefficient (Wildman–Crippen LogP) is 2.36. The number of aryl methyl sites for hydroxylation is 2. The van der Waals surface area contributed by atoms with Crippen LogP contribution >= 0.6 is 0 Å². The molecule has 0 bridgehead atoms. The Balaban J connectivity index is 1.56. The topological polar surface area (TPSA) is 115 Å². The van der Waals surface area contributed by atoms with E-state index >= 15 is 0 Å². The lowest BCUT2D eigenvalue weighted by Crippen LogP contribution is -2.35. The lowest BCUT2D eigenvalue weighted by Gasteiger charge is -2.28. The van der Waals surface area contributed by atoms with Gasteiger partial charge in [-0.2, -0.15) is 0 Å². The summed E-state index contributed by atoms with van der Waals surface area (Å²) in [4.78, 5) is 39.8.